The first-order valence-electron chi connectivity index (χ1n) is 10.4. The Kier molecular flexibility index (Phi) is 7.25. The van der Waals surface area contributed by atoms with Crippen molar-refractivity contribution in [2.45, 2.75) is 13.8 Å². The van der Waals surface area contributed by atoms with Gasteiger partial charge in [0.05, 0.1) is 23.9 Å². The Hall–Kier alpha value is -4.27. The molecule has 0 atom stereocenters. The molecule has 0 aliphatic rings. The molecule has 2 amide bonds. The molecule has 0 saturated heterocycles. The van der Waals surface area contributed by atoms with Crippen LogP contribution in [0.1, 0.15) is 37.4 Å². The average molecular weight is 464 g/mol. The smallest absolute Gasteiger partial charge is 0.259 e. The fourth-order valence-electron chi connectivity index (χ4n) is 3.23. The molecule has 0 spiro atoms. The number of carbonyl (C=O) groups excluding carboxylic acids is 2. The third-order valence-electron chi connectivity index (χ3n) is 5.04. The van der Waals surface area contributed by atoms with Crippen molar-refractivity contribution in [3.63, 3.8) is 0 Å². The van der Waals surface area contributed by atoms with E-state index in [1.54, 1.807) is 45.4 Å². The minimum absolute atomic E-state index is 0.104. The van der Waals surface area contributed by atoms with Crippen molar-refractivity contribution in [2.24, 2.45) is 0 Å². The van der Waals surface area contributed by atoms with Gasteiger partial charge in [-0.25, -0.2) is 9.37 Å². The van der Waals surface area contributed by atoms with Gasteiger partial charge in [0, 0.05) is 25.9 Å². The summed E-state index contributed by atoms with van der Waals surface area (Å²) in [7, 11) is 4.75. The second-order valence-corrected chi connectivity index (χ2v) is 7.96. The number of halogens is 1. The quantitative estimate of drug-likeness (QED) is 0.374. The van der Waals surface area contributed by atoms with Gasteiger partial charge in [0.2, 0.25) is 0 Å². The normalized spacial score (nSPS) is 10.4. The Bertz CT molecular complexity index is 1260. The number of aromatic nitrogens is 1. The van der Waals surface area contributed by atoms with Crippen molar-refractivity contribution in [3.8, 4) is 5.75 Å². The molecule has 0 radical (unpaired) electrons. The number of rotatable bonds is 6. The highest BCUT2D eigenvalue weighted by Gasteiger charge is 2.22. The zero-order valence-electron chi connectivity index (χ0n) is 19.6. The first-order valence-corrected chi connectivity index (χ1v) is 10.4. The summed E-state index contributed by atoms with van der Waals surface area (Å²) in [5.41, 5.74) is 2.01. The van der Waals surface area contributed by atoms with Crippen LogP contribution in [-0.4, -0.2) is 48.7 Å². The van der Waals surface area contributed by atoms with E-state index in [9.17, 15) is 14.0 Å². The van der Waals surface area contributed by atoms with Gasteiger partial charge in [0.15, 0.2) is 0 Å². The van der Waals surface area contributed by atoms with Gasteiger partial charge in [-0.05, 0) is 55.3 Å². The van der Waals surface area contributed by atoms with E-state index < -0.39 is 17.6 Å². The highest BCUT2D eigenvalue weighted by Crippen LogP contribution is 2.31. The lowest BCUT2D eigenvalue weighted by Gasteiger charge is -2.17. The van der Waals surface area contributed by atoms with E-state index in [0.29, 0.717) is 11.4 Å². The minimum atomic E-state index is -0.789. The molecular formula is C25H26FN5O3. The van der Waals surface area contributed by atoms with Gasteiger partial charge in [-0.15, -0.1) is 0 Å². The van der Waals surface area contributed by atoms with Gasteiger partial charge in [-0.1, -0.05) is 12.1 Å². The molecule has 8 nitrogen and oxygen atoms in total. The standard InChI is InChI=1S/C25H26FN5O3/c1-14-6-9-21(28-13-14)29-25(33)18-10-15(2)11-20(34-5)22(18)30-24(32)17-8-7-16(12-19(17)26)23(27)31(3)4/h6-13,27H,1-5H3,(H,30,32)(H,28,29,33). The van der Waals surface area contributed by atoms with Crippen LogP contribution in [-0.2, 0) is 0 Å². The Morgan fingerprint density at radius 2 is 1.68 bits per heavy atom. The zero-order valence-corrected chi connectivity index (χ0v) is 19.6. The number of hydrogen-bond donors (Lipinski definition) is 3. The fourth-order valence-corrected chi connectivity index (χ4v) is 3.23. The number of hydrogen-bond acceptors (Lipinski definition) is 5. The van der Waals surface area contributed by atoms with Crippen LogP contribution in [0.3, 0.4) is 0 Å². The summed E-state index contributed by atoms with van der Waals surface area (Å²) in [4.78, 5) is 31.7. The van der Waals surface area contributed by atoms with Crippen molar-refractivity contribution in [3.05, 3.63) is 82.3 Å². The molecule has 0 unspecified atom stereocenters. The van der Waals surface area contributed by atoms with Crippen LogP contribution in [0.2, 0.25) is 0 Å². The fraction of sp³-hybridized carbons (Fsp3) is 0.200. The first-order chi connectivity index (χ1) is 16.1. The van der Waals surface area contributed by atoms with Crippen molar-refractivity contribution >= 4 is 29.2 Å². The molecule has 176 valence electrons. The number of amidine groups is 1. The topological polar surface area (TPSA) is 107 Å². The minimum Gasteiger partial charge on any atom is -0.495 e. The molecule has 0 saturated carbocycles. The van der Waals surface area contributed by atoms with Crippen molar-refractivity contribution < 1.29 is 18.7 Å². The van der Waals surface area contributed by atoms with Gasteiger partial charge < -0.3 is 20.3 Å². The largest absolute Gasteiger partial charge is 0.495 e. The van der Waals surface area contributed by atoms with E-state index in [1.807, 2.05) is 13.0 Å². The molecule has 0 bridgehead atoms. The number of amides is 2. The van der Waals surface area contributed by atoms with Crippen molar-refractivity contribution in [1.82, 2.24) is 9.88 Å². The summed E-state index contributed by atoms with van der Waals surface area (Å²) in [5, 5.41) is 13.3. The number of carbonyl (C=O) groups is 2. The average Bonchev–Trinajstić information content (AvgIpc) is 2.80. The van der Waals surface area contributed by atoms with E-state index in [1.165, 1.54) is 24.1 Å². The predicted octanol–water partition coefficient (Wildman–Crippen LogP) is 4.24. The van der Waals surface area contributed by atoms with E-state index in [0.717, 1.165) is 17.2 Å². The molecule has 2 aromatic carbocycles. The highest BCUT2D eigenvalue weighted by atomic mass is 19.1. The van der Waals surface area contributed by atoms with Crippen LogP contribution >= 0.6 is 0 Å². The van der Waals surface area contributed by atoms with Gasteiger partial charge in [0.1, 0.15) is 23.2 Å². The van der Waals surface area contributed by atoms with Crippen LogP contribution in [0.15, 0.2) is 48.7 Å². The summed E-state index contributed by atoms with van der Waals surface area (Å²) in [6.45, 7) is 3.67. The number of ether oxygens (including phenoxy) is 1. The maximum absolute atomic E-state index is 14.8. The molecule has 9 heteroatoms. The highest BCUT2D eigenvalue weighted by molar-refractivity contribution is 6.13. The van der Waals surface area contributed by atoms with Gasteiger partial charge in [0.25, 0.3) is 11.8 Å². The van der Waals surface area contributed by atoms with E-state index in [4.69, 9.17) is 10.1 Å². The number of nitrogens with zero attached hydrogens (tertiary/aromatic N) is 2. The lowest BCUT2D eigenvalue weighted by molar-refractivity contribution is 0.102. The lowest BCUT2D eigenvalue weighted by atomic mass is 10.1. The molecule has 0 fully saturated rings. The van der Waals surface area contributed by atoms with Crippen LogP contribution in [0.4, 0.5) is 15.9 Å². The third-order valence-corrected chi connectivity index (χ3v) is 5.04. The summed E-state index contributed by atoms with van der Waals surface area (Å²) in [5.74, 6) is -1.36. The van der Waals surface area contributed by atoms with Crippen LogP contribution in [0.5, 0.6) is 5.75 Å². The number of anilines is 2. The number of pyridine rings is 1. The Balaban J connectivity index is 1.94. The van der Waals surface area contributed by atoms with Gasteiger partial charge >= 0.3 is 0 Å². The molecule has 1 heterocycles. The maximum Gasteiger partial charge on any atom is 0.259 e. The van der Waals surface area contributed by atoms with E-state index in [-0.39, 0.29) is 28.4 Å². The summed E-state index contributed by atoms with van der Waals surface area (Å²) < 4.78 is 20.1. The van der Waals surface area contributed by atoms with Gasteiger partial charge in [-0.3, -0.25) is 15.0 Å². The molecule has 3 rings (SSSR count). The van der Waals surface area contributed by atoms with Crippen LogP contribution in [0.25, 0.3) is 0 Å². The molecule has 3 N–H and O–H groups in total. The van der Waals surface area contributed by atoms with E-state index in [2.05, 4.69) is 15.6 Å². The lowest BCUT2D eigenvalue weighted by Crippen LogP contribution is -2.23. The summed E-state index contributed by atoms with van der Waals surface area (Å²) >= 11 is 0. The number of benzene rings is 2. The Morgan fingerprint density at radius 1 is 0.971 bits per heavy atom. The summed E-state index contributed by atoms with van der Waals surface area (Å²) in [6.07, 6.45) is 1.62. The number of nitrogens with one attached hydrogen (secondary N) is 3. The molecule has 1 aromatic heterocycles. The van der Waals surface area contributed by atoms with Crippen LogP contribution in [0, 0.1) is 25.1 Å². The van der Waals surface area contributed by atoms with E-state index >= 15 is 0 Å². The Morgan fingerprint density at radius 3 is 2.26 bits per heavy atom. The predicted molar refractivity (Wildman–Crippen MR) is 130 cm³/mol. The molecule has 0 aliphatic carbocycles. The monoisotopic (exact) mass is 463 g/mol. The zero-order chi connectivity index (χ0) is 25.0. The maximum atomic E-state index is 14.8. The second kappa shape index (κ2) is 10.1. The Labute approximate surface area is 197 Å². The second-order valence-electron chi connectivity index (χ2n) is 7.96. The number of methoxy groups -OCH3 is 1. The SMILES string of the molecule is COc1cc(C)cc(C(=O)Nc2ccc(C)cn2)c1NC(=O)c1ccc(C(=N)N(C)C)cc1F. The molecule has 3 aromatic rings. The third kappa shape index (κ3) is 5.37. The van der Waals surface area contributed by atoms with Gasteiger partial charge in [-0.2, -0.15) is 0 Å². The van der Waals surface area contributed by atoms with Crippen molar-refractivity contribution in [1.29, 1.82) is 5.41 Å². The first kappa shape index (κ1) is 24.4. The number of aryl methyl sites for hydroxylation is 2. The van der Waals surface area contributed by atoms with Crippen LogP contribution < -0.4 is 15.4 Å². The molecule has 34 heavy (non-hydrogen) atoms. The van der Waals surface area contributed by atoms with Crippen molar-refractivity contribution in [2.75, 3.05) is 31.8 Å². The summed E-state index contributed by atoms with van der Waals surface area (Å²) in [6, 6.07) is 10.7. The molecular weight excluding hydrogens is 437 g/mol. The molecule has 0 aliphatic heterocycles.